The van der Waals surface area contributed by atoms with E-state index >= 15 is 0 Å². The van der Waals surface area contributed by atoms with Crippen LogP contribution in [0, 0.1) is 0 Å². The molecule has 98 valence electrons. The average Bonchev–Trinajstić information content (AvgIpc) is 2.73. The minimum absolute atomic E-state index is 0.0324. The third-order valence-electron chi connectivity index (χ3n) is 3.05. The van der Waals surface area contributed by atoms with Crippen molar-refractivity contribution >= 4 is 11.5 Å². The Bertz CT molecular complexity index is 633. The van der Waals surface area contributed by atoms with Crippen LogP contribution in [0.25, 0.3) is 11.1 Å². The second kappa shape index (κ2) is 5.14. The quantitative estimate of drug-likeness (QED) is 0.677. The van der Waals surface area contributed by atoms with E-state index in [0.717, 1.165) is 16.9 Å². The molecule has 0 fully saturated rings. The van der Waals surface area contributed by atoms with E-state index in [4.69, 9.17) is 10.5 Å². The first-order chi connectivity index (χ1) is 9.20. The molecule has 0 aromatic heterocycles. The first-order valence-corrected chi connectivity index (χ1v) is 6.33. The van der Waals surface area contributed by atoms with Gasteiger partial charge in [-0.15, -0.1) is 0 Å². The van der Waals surface area contributed by atoms with E-state index in [2.05, 4.69) is 0 Å². The molecule has 0 unspecified atom stereocenters. The van der Waals surface area contributed by atoms with Gasteiger partial charge >= 0.3 is 0 Å². The highest BCUT2D eigenvalue weighted by atomic mass is 16.5. The van der Waals surface area contributed by atoms with Gasteiger partial charge in [-0.3, -0.25) is 4.79 Å². The molecule has 3 rings (SSSR count). The molecule has 1 aliphatic rings. The molecule has 3 heteroatoms. The van der Waals surface area contributed by atoms with Crippen LogP contribution in [-0.4, -0.2) is 12.9 Å². The molecule has 2 aromatic carbocycles. The van der Waals surface area contributed by atoms with E-state index in [9.17, 15) is 4.79 Å². The van der Waals surface area contributed by atoms with Crippen molar-refractivity contribution in [2.45, 2.75) is 13.8 Å². The molecular formula is C16H17NO2. The molecule has 0 heterocycles. The average molecular weight is 255 g/mol. The molecule has 2 aromatic rings. The summed E-state index contributed by atoms with van der Waals surface area (Å²) in [5, 5.41) is 0. The van der Waals surface area contributed by atoms with Gasteiger partial charge in [0.25, 0.3) is 0 Å². The number of nitrogens with two attached hydrogens (primary N) is 1. The Morgan fingerprint density at radius 3 is 2.26 bits per heavy atom. The lowest BCUT2D eigenvalue weighted by Crippen LogP contribution is -1.96. The summed E-state index contributed by atoms with van der Waals surface area (Å²) in [5.41, 5.74) is 9.55. The summed E-state index contributed by atoms with van der Waals surface area (Å²) in [7, 11) is 1.61. The van der Waals surface area contributed by atoms with E-state index in [1.807, 2.05) is 26.0 Å². The first-order valence-electron chi connectivity index (χ1n) is 6.33. The highest BCUT2D eigenvalue weighted by Gasteiger charge is 2.26. The number of benzene rings is 2. The van der Waals surface area contributed by atoms with Gasteiger partial charge in [-0.2, -0.15) is 0 Å². The molecule has 19 heavy (non-hydrogen) atoms. The smallest absolute Gasteiger partial charge is 0.194 e. The van der Waals surface area contributed by atoms with E-state index in [1.54, 1.807) is 31.4 Å². The summed E-state index contributed by atoms with van der Waals surface area (Å²) in [6, 6.07) is 10.9. The molecule has 0 aliphatic heterocycles. The van der Waals surface area contributed by atoms with Crippen molar-refractivity contribution in [1.82, 2.24) is 0 Å². The van der Waals surface area contributed by atoms with Crippen LogP contribution >= 0.6 is 0 Å². The fraction of sp³-hybridized carbons (Fsp3) is 0.188. The van der Waals surface area contributed by atoms with Crippen molar-refractivity contribution in [2.75, 3.05) is 12.8 Å². The molecular weight excluding hydrogens is 238 g/mol. The molecule has 0 spiro atoms. The van der Waals surface area contributed by atoms with Gasteiger partial charge in [0, 0.05) is 16.8 Å². The van der Waals surface area contributed by atoms with Crippen LogP contribution in [0.3, 0.4) is 0 Å². The number of anilines is 1. The van der Waals surface area contributed by atoms with Crippen LogP contribution in [0.5, 0.6) is 5.75 Å². The Morgan fingerprint density at radius 1 is 0.895 bits per heavy atom. The number of methoxy groups -OCH3 is 1. The predicted molar refractivity (Wildman–Crippen MR) is 77.6 cm³/mol. The standard InChI is InChI=1S/C14H11NO2.C2H6/c1-17-9-3-5-11-12(7-9)10-4-2-8(15)6-13(10)14(11)16;1-2/h2-7H,15H2,1H3;1-2H3. The number of hydrogen-bond acceptors (Lipinski definition) is 3. The van der Waals surface area contributed by atoms with Gasteiger partial charge in [-0.1, -0.05) is 19.9 Å². The van der Waals surface area contributed by atoms with Gasteiger partial charge in [0.15, 0.2) is 5.78 Å². The third-order valence-corrected chi connectivity index (χ3v) is 3.05. The summed E-state index contributed by atoms with van der Waals surface area (Å²) in [5.74, 6) is 0.783. The zero-order valence-corrected chi connectivity index (χ0v) is 11.4. The first kappa shape index (κ1) is 13.1. The maximum Gasteiger partial charge on any atom is 0.194 e. The molecule has 0 saturated heterocycles. The fourth-order valence-corrected chi connectivity index (χ4v) is 2.20. The lowest BCUT2D eigenvalue weighted by Gasteiger charge is -2.03. The van der Waals surface area contributed by atoms with Gasteiger partial charge in [-0.25, -0.2) is 0 Å². The second-order valence-corrected chi connectivity index (χ2v) is 4.05. The van der Waals surface area contributed by atoms with Gasteiger partial charge in [0.1, 0.15) is 5.75 Å². The van der Waals surface area contributed by atoms with Crippen molar-refractivity contribution in [1.29, 1.82) is 0 Å². The lowest BCUT2D eigenvalue weighted by molar-refractivity contribution is 0.104. The van der Waals surface area contributed by atoms with Gasteiger partial charge < -0.3 is 10.5 Å². The van der Waals surface area contributed by atoms with E-state index in [-0.39, 0.29) is 5.78 Å². The normalized spacial score (nSPS) is 11.2. The number of ether oxygens (including phenoxy) is 1. The Labute approximate surface area is 113 Å². The highest BCUT2D eigenvalue weighted by molar-refractivity contribution is 6.22. The van der Waals surface area contributed by atoms with Crippen molar-refractivity contribution in [3.63, 3.8) is 0 Å². The predicted octanol–water partition coefficient (Wildman–Crippen LogP) is 3.52. The monoisotopic (exact) mass is 255 g/mol. The number of ketones is 1. The number of carbonyl (C=O) groups excluding carboxylic acids is 1. The zero-order chi connectivity index (χ0) is 14.0. The molecule has 0 atom stereocenters. The highest BCUT2D eigenvalue weighted by Crippen LogP contribution is 2.39. The maximum atomic E-state index is 12.1. The molecule has 3 nitrogen and oxygen atoms in total. The Kier molecular flexibility index (Phi) is 3.56. The number of carbonyl (C=O) groups is 1. The third kappa shape index (κ3) is 2.08. The van der Waals surface area contributed by atoms with Crippen LogP contribution in [0.2, 0.25) is 0 Å². The van der Waals surface area contributed by atoms with Crippen LogP contribution in [0.1, 0.15) is 29.8 Å². The summed E-state index contributed by atoms with van der Waals surface area (Å²) in [6.45, 7) is 4.00. The molecule has 0 amide bonds. The maximum absolute atomic E-state index is 12.1. The second-order valence-electron chi connectivity index (χ2n) is 4.05. The topological polar surface area (TPSA) is 52.3 Å². The van der Waals surface area contributed by atoms with Crippen molar-refractivity contribution < 1.29 is 9.53 Å². The Balaban J connectivity index is 0.000000637. The van der Waals surface area contributed by atoms with Crippen LogP contribution in [-0.2, 0) is 0 Å². The SMILES string of the molecule is CC.COc1ccc2c(c1)-c1ccc(N)cc1C2=O. The summed E-state index contributed by atoms with van der Waals surface area (Å²) in [4.78, 5) is 12.1. The summed E-state index contributed by atoms with van der Waals surface area (Å²) >= 11 is 0. The van der Waals surface area contributed by atoms with E-state index in [1.165, 1.54) is 0 Å². The van der Waals surface area contributed by atoms with Crippen LogP contribution in [0.15, 0.2) is 36.4 Å². The van der Waals surface area contributed by atoms with Crippen molar-refractivity contribution in [3.8, 4) is 16.9 Å². The minimum Gasteiger partial charge on any atom is -0.497 e. The number of hydrogen-bond donors (Lipinski definition) is 1. The Morgan fingerprint density at radius 2 is 1.58 bits per heavy atom. The van der Waals surface area contributed by atoms with Gasteiger partial charge in [-0.05, 0) is 41.5 Å². The van der Waals surface area contributed by atoms with Crippen LogP contribution in [0.4, 0.5) is 5.69 Å². The summed E-state index contributed by atoms with van der Waals surface area (Å²) in [6.07, 6.45) is 0. The number of nitrogen functional groups attached to an aromatic ring is 1. The number of fused-ring (bicyclic) bond motifs is 3. The Hall–Kier alpha value is -2.29. The fourth-order valence-electron chi connectivity index (χ4n) is 2.20. The lowest BCUT2D eigenvalue weighted by atomic mass is 10.1. The van der Waals surface area contributed by atoms with Gasteiger partial charge in [0.2, 0.25) is 0 Å². The number of rotatable bonds is 1. The molecule has 0 saturated carbocycles. The largest absolute Gasteiger partial charge is 0.497 e. The van der Waals surface area contributed by atoms with Crippen LogP contribution < -0.4 is 10.5 Å². The van der Waals surface area contributed by atoms with Crippen molar-refractivity contribution in [2.24, 2.45) is 0 Å². The van der Waals surface area contributed by atoms with E-state index in [0.29, 0.717) is 16.8 Å². The van der Waals surface area contributed by atoms with E-state index < -0.39 is 0 Å². The van der Waals surface area contributed by atoms with Gasteiger partial charge in [0.05, 0.1) is 7.11 Å². The molecule has 2 N–H and O–H groups in total. The molecule has 0 bridgehead atoms. The molecule has 1 aliphatic carbocycles. The van der Waals surface area contributed by atoms with Crippen molar-refractivity contribution in [3.05, 3.63) is 47.5 Å². The zero-order valence-electron chi connectivity index (χ0n) is 11.4. The summed E-state index contributed by atoms with van der Waals surface area (Å²) < 4.78 is 5.18. The minimum atomic E-state index is 0.0324. The molecule has 0 radical (unpaired) electrons.